The van der Waals surface area contributed by atoms with Crippen LogP contribution in [0.1, 0.15) is 67.2 Å². The molecule has 0 spiro atoms. The minimum atomic E-state index is -1.25. The van der Waals surface area contributed by atoms with Crippen LogP contribution in [-0.2, 0) is 28.7 Å². The van der Waals surface area contributed by atoms with Crippen molar-refractivity contribution in [2.24, 2.45) is 21.7 Å². The summed E-state index contributed by atoms with van der Waals surface area (Å²) in [5.41, 5.74) is -2.79. The lowest BCUT2D eigenvalue weighted by Gasteiger charge is -2.35. The van der Waals surface area contributed by atoms with Crippen molar-refractivity contribution in [3.8, 4) is 22.6 Å². The maximum Gasteiger partial charge on any atom is 0.313 e. The van der Waals surface area contributed by atoms with E-state index in [2.05, 4.69) is 10.6 Å². The Hall–Kier alpha value is -4.08. The standard InChI is InChI=1S/C34H40N2O8/c1-29(2)31(5)13-15-33(29,43-27(31)39)25(37)35-21-11-9-19(17-23(21)41-7)20-10-12-22(24(18-20)42-8)36-26(38)34-16-14-32(6,28(40)44-34)30(34,3)4/h9-12,17-18H,13-16H2,1-8H3,(H,35,37)(H,36,38)/t31-,32-,33+,34+/m0/s1. The van der Waals surface area contributed by atoms with Gasteiger partial charge >= 0.3 is 11.9 Å². The number of carbonyl (C=O) groups excluding carboxylic acids is 4. The van der Waals surface area contributed by atoms with Gasteiger partial charge in [0.1, 0.15) is 11.5 Å². The van der Waals surface area contributed by atoms with Gasteiger partial charge in [0.25, 0.3) is 11.8 Å². The number of rotatable bonds is 7. The minimum absolute atomic E-state index is 0.339. The number of ether oxygens (including phenoxy) is 4. The lowest BCUT2D eigenvalue weighted by molar-refractivity contribution is -0.166. The average Bonchev–Trinajstić information content (AvgIpc) is 3.45. The number of hydrogen-bond acceptors (Lipinski definition) is 8. The van der Waals surface area contributed by atoms with Crippen molar-refractivity contribution in [2.45, 2.75) is 78.4 Å². The smallest absolute Gasteiger partial charge is 0.313 e. The summed E-state index contributed by atoms with van der Waals surface area (Å²) in [7, 11) is 3.03. The first-order chi connectivity index (χ1) is 20.5. The third-order valence-corrected chi connectivity index (χ3v) is 12.1. The summed E-state index contributed by atoms with van der Waals surface area (Å²) in [5, 5.41) is 5.90. The molecule has 2 aliphatic heterocycles. The summed E-state index contributed by atoms with van der Waals surface area (Å²) in [6.45, 7) is 11.4. The molecule has 2 saturated heterocycles. The molecule has 6 rings (SSSR count). The van der Waals surface area contributed by atoms with Gasteiger partial charge in [-0.25, -0.2) is 0 Å². The first kappa shape index (κ1) is 30.0. The molecule has 2 aliphatic carbocycles. The summed E-state index contributed by atoms with van der Waals surface area (Å²) >= 11 is 0. The second kappa shape index (κ2) is 9.22. The predicted molar refractivity (Wildman–Crippen MR) is 162 cm³/mol. The molecular formula is C34H40N2O8. The molecular weight excluding hydrogens is 564 g/mol. The zero-order valence-electron chi connectivity index (χ0n) is 26.6. The number of hydrogen-bond donors (Lipinski definition) is 2. The highest BCUT2D eigenvalue weighted by atomic mass is 16.6. The summed E-state index contributed by atoms with van der Waals surface area (Å²) in [6, 6.07) is 10.8. The SMILES string of the molecule is COc1cc(-c2ccc(NC(=O)[C@@]34CC[C@@](C)(C(=O)O3)C4(C)C)c(OC)c2)ccc1NC(=O)[C@@]12CC[C@@](C)(C(=O)O1)C2(C)C. The Morgan fingerprint density at radius 1 is 0.636 bits per heavy atom. The molecule has 2 aromatic carbocycles. The van der Waals surface area contributed by atoms with Crippen molar-refractivity contribution in [2.75, 3.05) is 24.9 Å². The zero-order valence-corrected chi connectivity index (χ0v) is 26.6. The van der Waals surface area contributed by atoms with Gasteiger partial charge in [-0.1, -0.05) is 39.8 Å². The van der Waals surface area contributed by atoms with Crippen molar-refractivity contribution in [3.05, 3.63) is 36.4 Å². The molecule has 0 aromatic heterocycles. The van der Waals surface area contributed by atoms with Gasteiger partial charge in [0.05, 0.1) is 36.4 Å². The molecule has 234 valence electrons. The van der Waals surface area contributed by atoms with Crippen LogP contribution < -0.4 is 20.1 Å². The van der Waals surface area contributed by atoms with Gasteiger partial charge < -0.3 is 29.6 Å². The fourth-order valence-electron chi connectivity index (χ4n) is 7.89. The fraction of sp³-hybridized carbons (Fsp3) is 0.529. The minimum Gasteiger partial charge on any atom is -0.495 e. The highest BCUT2D eigenvalue weighted by Crippen LogP contribution is 2.67. The lowest BCUT2D eigenvalue weighted by atomic mass is 9.66. The molecule has 4 fully saturated rings. The number of methoxy groups -OCH3 is 2. The zero-order chi connectivity index (χ0) is 32.1. The molecule has 0 radical (unpaired) electrons. The van der Waals surface area contributed by atoms with E-state index in [1.54, 1.807) is 24.3 Å². The van der Waals surface area contributed by atoms with Crippen LogP contribution >= 0.6 is 0 Å². The summed E-state index contributed by atoms with van der Waals surface area (Å²) < 4.78 is 22.8. The quantitative estimate of drug-likeness (QED) is 0.397. The van der Waals surface area contributed by atoms with E-state index in [4.69, 9.17) is 18.9 Å². The summed E-state index contributed by atoms with van der Waals surface area (Å²) in [4.78, 5) is 52.6. The van der Waals surface area contributed by atoms with Crippen LogP contribution in [0, 0.1) is 21.7 Å². The third kappa shape index (κ3) is 3.48. The fourth-order valence-corrected chi connectivity index (χ4v) is 7.89. The van der Waals surface area contributed by atoms with Crippen molar-refractivity contribution in [3.63, 3.8) is 0 Å². The van der Waals surface area contributed by atoms with Gasteiger partial charge in [0, 0.05) is 10.8 Å². The molecule has 2 heterocycles. The van der Waals surface area contributed by atoms with Crippen molar-refractivity contribution in [1.82, 2.24) is 0 Å². The summed E-state index contributed by atoms with van der Waals surface area (Å²) in [5.74, 6) is -0.560. The van der Waals surface area contributed by atoms with E-state index in [1.165, 1.54) is 14.2 Å². The van der Waals surface area contributed by atoms with E-state index in [1.807, 2.05) is 53.7 Å². The Morgan fingerprint density at radius 2 is 1.00 bits per heavy atom. The molecule has 44 heavy (non-hydrogen) atoms. The maximum absolute atomic E-state index is 13.6. The van der Waals surface area contributed by atoms with Gasteiger partial charge in [0.2, 0.25) is 0 Å². The second-order valence-corrected chi connectivity index (χ2v) is 14.1. The molecule has 4 atom stereocenters. The number of esters is 2. The van der Waals surface area contributed by atoms with Crippen molar-refractivity contribution >= 4 is 35.1 Å². The average molecular weight is 605 g/mol. The molecule has 0 unspecified atom stereocenters. The largest absolute Gasteiger partial charge is 0.495 e. The van der Waals surface area contributed by atoms with E-state index in [0.29, 0.717) is 48.6 Å². The van der Waals surface area contributed by atoms with Crippen LogP contribution in [0.4, 0.5) is 11.4 Å². The van der Waals surface area contributed by atoms with Gasteiger partial charge in [0.15, 0.2) is 11.2 Å². The molecule has 2 amide bonds. The van der Waals surface area contributed by atoms with E-state index >= 15 is 0 Å². The van der Waals surface area contributed by atoms with Crippen LogP contribution in [0.3, 0.4) is 0 Å². The summed E-state index contributed by atoms with van der Waals surface area (Å²) in [6.07, 6.45) is 2.09. The number of benzene rings is 2. The molecule has 4 bridgehead atoms. The van der Waals surface area contributed by atoms with Crippen LogP contribution in [0.15, 0.2) is 36.4 Å². The normalized spacial score (nSPS) is 32.2. The first-order valence-electron chi connectivity index (χ1n) is 15.0. The number of amides is 2. The second-order valence-electron chi connectivity index (χ2n) is 14.1. The lowest BCUT2D eigenvalue weighted by Crippen LogP contribution is -2.50. The van der Waals surface area contributed by atoms with Gasteiger partial charge in [-0.05, 0) is 74.9 Å². The highest BCUT2D eigenvalue weighted by Gasteiger charge is 2.76. The van der Waals surface area contributed by atoms with E-state index in [-0.39, 0.29) is 23.8 Å². The number of fused-ring (bicyclic) bond motifs is 4. The van der Waals surface area contributed by atoms with Crippen molar-refractivity contribution in [1.29, 1.82) is 0 Å². The van der Waals surface area contributed by atoms with E-state index < -0.39 is 32.9 Å². The van der Waals surface area contributed by atoms with Gasteiger partial charge in [-0.15, -0.1) is 0 Å². The maximum atomic E-state index is 13.6. The molecule has 10 heteroatoms. The molecule has 4 aliphatic rings. The van der Waals surface area contributed by atoms with E-state index in [0.717, 1.165) is 11.1 Å². The van der Waals surface area contributed by atoms with Crippen LogP contribution in [-0.4, -0.2) is 49.2 Å². The first-order valence-corrected chi connectivity index (χ1v) is 15.0. The Balaban J connectivity index is 1.24. The Kier molecular flexibility index (Phi) is 6.28. The van der Waals surface area contributed by atoms with Crippen molar-refractivity contribution < 1.29 is 38.1 Å². The predicted octanol–water partition coefficient (Wildman–Crippen LogP) is 5.49. The van der Waals surface area contributed by atoms with E-state index in [9.17, 15) is 19.2 Å². The Labute approximate surface area is 257 Å². The number of anilines is 2. The van der Waals surface area contributed by atoms with Gasteiger partial charge in [-0.3, -0.25) is 19.2 Å². The number of carbonyl (C=O) groups is 4. The van der Waals surface area contributed by atoms with Crippen LogP contribution in [0.2, 0.25) is 0 Å². The number of nitrogens with one attached hydrogen (secondary N) is 2. The molecule has 2 N–H and O–H groups in total. The monoisotopic (exact) mass is 604 g/mol. The Bertz CT molecular complexity index is 1510. The topological polar surface area (TPSA) is 129 Å². The molecule has 10 nitrogen and oxygen atoms in total. The third-order valence-electron chi connectivity index (χ3n) is 12.1. The molecule has 2 aromatic rings. The molecule has 2 saturated carbocycles. The van der Waals surface area contributed by atoms with Crippen LogP contribution in [0.5, 0.6) is 11.5 Å². The highest BCUT2D eigenvalue weighted by molar-refractivity contribution is 6.05. The Morgan fingerprint density at radius 3 is 1.27 bits per heavy atom. The van der Waals surface area contributed by atoms with Crippen LogP contribution in [0.25, 0.3) is 11.1 Å². The van der Waals surface area contributed by atoms with Gasteiger partial charge in [-0.2, -0.15) is 0 Å².